The molecule has 0 unspecified atom stereocenters. The lowest BCUT2D eigenvalue weighted by atomic mass is 10.2. The average molecular weight is 202 g/mol. The number of aldehydes is 1. The highest BCUT2D eigenvalue weighted by molar-refractivity contribution is 5.75. The number of aromatic amines is 1. The van der Waals surface area contributed by atoms with E-state index >= 15 is 0 Å². The average Bonchev–Trinajstić information content (AvgIpc) is 2.58. The molecule has 1 aromatic carbocycles. The number of carbonyl (C=O) groups excluding carboxylic acids is 1. The van der Waals surface area contributed by atoms with Crippen molar-refractivity contribution < 1.29 is 4.79 Å². The second-order valence-corrected chi connectivity index (χ2v) is 3.33. The summed E-state index contributed by atoms with van der Waals surface area (Å²) < 4.78 is 1.41. The summed E-state index contributed by atoms with van der Waals surface area (Å²) in [4.78, 5) is 22.1. The molecule has 1 N–H and O–H groups in total. The van der Waals surface area contributed by atoms with Crippen LogP contribution in [0.5, 0.6) is 0 Å². The van der Waals surface area contributed by atoms with Gasteiger partial charge >= 0.3 is 0 Å². The van der Waals surface area contributed by atoms with Crippen LogP contribution in [0.4, 0.5) is 0 Å². The Labute approximate surface area is 86.1 Å². The molecule has 4 nitrogen and oxygen atoms in total. The zero-order chi connectivity index (χ0) is 10.8. The number of nitrogens with one attached hydrogen (secondary N) is 1. The summed E-state index contributed by atoms with van der Waals surface area (Å²) in [6.45, 7) is 1.81. The smallest absolute Gasteiger partial charge is 0.271 e. The first-order chi connectivity index (χ1) is 7.20. The number of aryl methyl sites for hydroxylation is 1. The maximum absolute atomic E-state index is 11.5. The monoisotopic (exact) mass is 202 g/mol. The van der Waals surface area contributed by atoms with E-state index in [1.165, 1.54) is 10.7 Å². The quantitative estimate of drug-likeness (QED) is 0.746. The molecule has 0 amide bonds. The normalized spacial score (nSPS) is 10.2. The van der Waals surface area contributed by atoms with Gasteiger partial charge in [-0.25, -0.2) is 4.68 Å². The van der Waals surface area contributed by atoms with Crippen molar-refractivity contribution >= 4 is 6.29 Å². The van der Waals surface area contributed by atoms with Crippen molar-refractivity contribution in [1.29, 1.82) is 0 Å². The van der Waals surface area contributed by atoms with Crippen LogP contribution >= 0.6 is 0 Å². The third-order valence-electron chi connectivity index (χ3n) is 2.11. The van der Waals surface area contributed by atoms with Gasteiger partial charge in [-0.3, -0.25) is 14.7 Å². The lowest BCUT2D eigenvalue weighted by Crippen LogP contribution is -2.13. The molecule has 0 spiro atoms. The maximum Gasteiger partial charge on any atom is 0.271 e. The number of carbonyl (C=O) groups is 1. The molecule has 0 aliphatic carbocycles. The third-order valence-corrected chi connectivity index (χ3v) is 2.11. The van der Waals surface area contributed by atoms with Crippen LogP contribution in [0.3, 0.4) is 0 Å². The highest BCUT2D eigenvalue weighted by Crippen LogP contribution is 2.06. The Hall–Kier alpha value is -2.10. The first-order valence-electron chi connectivity index (χ1n) is 4.55. The first-order valence-corrected chi connectivity index (χ1v) is 4.55. The van der Waals surface area contributed by atoms with Gasteiger partial charge in [0.25, 0.3) is 5.56 Å². The van der Waals surface area contributed by atoms with Gasteiger partial charge in [-0.1, -0.05) is 12.1 Å². The summed E-state index contributed by atoms with van der Waals surface area (Å²) in [5, 5.41) is 2.90. The maximum atomic E-state index is 11.5. The molecule has 0 bridgehead atoms. The van der Waals surface area contributed by atoms with Crippen molar-refractivity contribution in [2.24, 2.45) is 0 Å². The summed E-state index contributed by atoms with van der Waals surface area (Å²) >= 11 is 0. The van der Waals surface area contributed by atoms with Gasteiger partial charge in [0, 0.05) is 17.3 Å². The molecule has 0 aliphatic heterocycles. The minimum Gasteiger partial charge on any atom is -0.298 e. The van der Waals surface area contributed by atoms with E-state index in [0.29, 0.717) is 11.3 Å². The number of nitrogens with zero attached hydrogens (tertiary/aromatic N) is 1. The molecule has 0 fully saturated rings. The molecule has 2 aromatic rings. The van der Waals surface area contributed by atoms with Crippen molar-refractivity contribution in [3.8, 4) is 5.69 Å². The molecular formula is C11H10N2O2. The van der Waals surface area contributed by atoms with Crippen molar-refractivity contribution in [2.45, 2.75) is 6.92 Å². The molecule has 76 valence electrons. The number of rotatable bonds is 2. The molecule has 1 aromatic heterocycles. The molecule has 0 aliphatic rings. The summed E-state index contributed by atoms with van der Waals surface area (Å²) in [7, 11) is 0. The van der Waals surface area contributed by atoms with E-state index in [-0.39, 0.29) is 5.56 Å². The van der Waals surface area contributed by atoms with Gasteiger partial charge in [0.2, 0.25) is 0 Å². The zero-order valence-corrected chi connectivity index (χ0v) is 8.23. The molecule has 1 heterocycles. The largest absolute Gasteiger partial charge is 0.298 e. The Morgan fingerprint density at radius 3 is 2.73 bits per heavy atom. The van der Waals surface area contributed by atoms with Gasteiger partial charge in [0.05, 0.1) is 5.69 Å². The Bertz CT molecular complexity index is 552. The summed E-state index contributed by atoms with van der Waals surface area (Å²) in [5.74, 6) is 0. The highest BCUT2D eigenvalue weighted by Gasteiger charge is 2.02. The molecule has 0 saturated carbocycles. The number of hydrogen-bond donors (Lipinski definition) is 1. The number of benzene rings is 1. The Morgan fingerprint density at radius 2 is 2.13 bits per heavy atom. The van der Waals surface area contributed by atoms with Gasteiger partial charge in [-0.05, 0) is 19.1 Å². The fourth-order valence-electron chi connectivity index (χ4n) is 1.44. The van der Waals surface area contributed by atoms with E-state index in [0.717, 1.165) is 12.0 Å². The predicted octanol–water partition coefficient (Wildman–Crippen LogP) is 1.29. The van der Waals surface area contributed by atoms with E-state index in [4.69, 9.17) is 0 Å². The molecule has 15 heavy (non-hydrogen) atoms. The highest BCUT2D eigenvalue weighted by atomic mass is 16.1. The number of H-pyrrole nitrogens is 1. The standard InChI is InChI=1S/C11H10N2O2/c1-8-5-11(15)13(12-8)10-4-2-3-9(6-10)7-14/h2-7,12H,1H3. The van der Waals surface area contributed by atoms with Crippen LogP contribution in [0.15, 0.2) is 35.1 Å². The predicted molar refractivity (Wildman–Crippen MR) is 56.5 cm³/mol. The molecule has 2 rings (SSSR count). The minimum atomic E-state index is -0.129. The SMILES string of the molecule is Cc1cc(=O)n(-c2cccc(C=O)c2)[nH]1. The Morgan fingerprint density at radius 1 is 1.33 bits per heavy atom. The lowest BCUT2D eigenvalue weighted by molar-refractivity contribution is 0.112. The van der Waals surface area contributed by atoms with Crippen LogP contribution in [0, 0.1) is 6.92 Å². The molecule has 0 atom stereocenters. The topological polar surface area (TPSA) is 54.9 Å². The lowest BCUT2D eigenvalue weighted by Gasteiger charge is -2.01. The van der Waals surface area contributed by atoms with Crippen molar-refractivity contribution in [3.63, 3.8) is 0 Å². The third kappa shape index (κ3) is 1.74. The second-order valence-electron chi connectivity index (χ2n) is 3.33. The Balaban J connectivity index is 2.58. The molecule has 0 radical (unpaired) electrons. The number of hydrogen-bond acceptors (Lipinski definition) is 2. The van der Waals surface area contributed by atoms with Gasteiger partial charge in [-0.2, -0.15) is 0 Å². The molecular weight excluding hydrogens is 192 g/mol. The summed E-state index contributed by atoms with van der Waals surface area (Å²) in [6.07, 6.45) is 0.754. The van der Waals surface area contributed by atoms with Gasteiger partial charge < -0.3 is 0 Å². The van der Waals surface area contributed by atoms with Gasteiger partial charge in [0.15, 0.2) is 0 Å². The van der Waals surface area contributed by atoms with Crippen molar-refractivity contribution in [3.05, 3.63) is 51.9 Å². The summed E-state index contributed by atoms with van der Waals surface area (Å²) in [5.41, 5.74) is 1.87. The van der Waals surface area contributed by atoms with E-state index < -0.39 is 0 Å². The van der Waals surface area contributed by atoms with Crippen LogP contribution in [0.25, 0.3) is 5.69 Å². The van der Waals surface area contributed by atoms with E-state index in [9.17, 15) is 9.59 Å². The molecule has 4 heteroatoms. The van der Waals surface area contributed by atoms with E-state index in [2.05, 4.69) is 5.10 Å². The van der Waals surface area contributed by atoms with Crippen LogP contribution in [0.2, 0.25) is 0 Å². The zero-order valence-electron chi connectivity index (χ0n) is 8.23. The molecule has 0 saturated heterocycles. The van der Waals surface area contributed by atoms with E-state index in [1.807, 2.05) is 6.92 Å². The minimum absolute atomic E-state index is 0.129. The fourth-order valence-corrected chi connectivity index (χ4v) is 1.44. The first kappa shape index (κ1) is 9.45. The summed E-state index contributed by atoms with van der Waals surface area (Å²) in [6, 6.07) is 8.36. The van der Waals surface area contributed by atoms with Crippen LogP contribution in [0.1, 0.15) is 16.1 Å². The number of aromatic nitrogens is 2. The van der Waals surface area contributed by atoms with Crippen molar-refractivity contribution in [1.82, 2.24) is 9.78 Å². The second kappa shape index (κ2) is 3.57. The fraction of sp³-hybridized carbons (Fsp3) is 0.0909. The van der Waals surface area contributed by atoms with Crippen LogP contribution in [-0.4, -0.2) is 16.1 Å². The van der Waals surface area contributed by atoms with E-state index in [1.54, 1.807) is 24.3 Å². The Kier molecular flexibility index (Phi) is 2.25. The van der Waals surface area contributed by atoms with Crippen LogP contribution < -0.4 is 5.56 Å². The van der Waals surface area contributed by atoms with Gasteiger partial charge in [-0.15, -0.1) is 0 Å². The van der Waals surface area contributed by atoms with Gasteiger partial charge in [0.1, 0.15) is 6.29 Å². The van der Waals surface area contributed by atoms with Crippen LogP contribution in [-0.2, 0) is 0 Å². The van der Waals surface area contributed by atoms with Crippen molar-refractivity contribution in [2.75, 3.05) is 0 Å².